The summed E-state index contributed by atoms with van der Waals surface area (Å²) in [7, 11) is 1.64. The van der Waals surface area contributed by atoms with E-state index in [-0.39, 0.29) is 11.8 Å². The minimum Gasteiger partial charge on any atom is -0.497 e. The Kier molecular flexibility index (Phi) is 6.41. The number of nitrogens with zero attached hydrogens (tertiary/aromatic N) is 2. The molecule has 0 saturated heterocycles. The number of hydrogen-bond acceptors (Lipinski definition) is 5. The molecule has 0 aliphatic heterocycles. The van der Waals surface area contributed by atoms with Crippen molar-refractivity contribution in [2.24, 2.45) is 5.92 Å². The number of ether oxygens (including phenoxy) is 2. The summed E-state index contributed by atoms with van der Waals surface area (Å²) >= 11 is 0. The number of carbonyl (C=O) groups is 1. The van der Waals surface area contributed by atoms with Gasteiger partial charge in [0.2, 0.25) is 11.8 Å². The summed E-state index contributed by atoms with van der Waals surface area (Å²) in [6.07, 6.45) is 5.57. The Morgan fingerprint density at radius 2 is 1.85 bits per heavy atom. The van der Waals surface area contributed by atoms with Crippen LogP contribution in [0.4, 0.5) is 0 Å². The first-order chi connectivity index (χ1) is 12.8. The Bertz CT molecular complexity index is 695. The highest BCUT2D eigenvalue weighted by atomic mass is 16.5. The van der Waals surface area contributed by atoms with Gasteiger partial charge in [0, 0.05) is 17.5 Å². The SMILES string of the molecule is COc1ccc(-c2ccc(OCCNC(=O)C3CCCCC3)nn2)cc1. The van der Waals surface area contributed by atoms with Crippen molar-refractivity contribution in [3.05, 3.63) is 36.4 Å². The maximum atomic E-state index is 12.1. The van der Waals surface area contributed by atoms with Gasteiger partial charge in [-0.2, -0.15) is 0 Å². The summed E-state index contributed by atoms with van der Waals surface area (Å²) in [5, 5.41) is 11.2. The molecule has 0 spiro atoms. The summed E-state index contributed by atoms with van der Waals surface area (Å²) in [4.78, 5) is 12.1. The van der Waals surface area contributed by atoms with Crippen LogP contribution in [0, 0.1) is 5.92 Å². The molecule has 1 aliphatic rings. The third-order valence-electron chi connectivity index (χ3n) is 4.65. The predicted molar refractivity (Wildman–Crippen MR) is 99.1 cm³/mol. The van der Waals surface area contributed by atoms with Crippen LogP contribution in [0.2, 0.25) is 0 Å². The second-order valence-electron chi connectivity index (χ2n) is 6.46. The van der Waals surface area contributed by atoms with Crippen molar-refractivity contribution in [2.45, 2.75) is 32.1 Å². The molecule has 138 valence electrons. The van der Waals surface area contributed by atoms with Crippen LogP contribution in [-0.2, 0) is 4.79 Å². The smallest absolute Gasteiger partial charge is 0.233 e. The van der Waals surface area contributed by atoms with E-state index < -0.39 is 0 Å². The van der Waals surface area contributed by atoms with Gasteiger partial charge in [-0.25, -0.2) is 0 Å². The Labute approximate surface area is 153 Å². The van der Waals surface area contributed by atoms with Gasteiger partial charge in [-0.15, -0.1) is 10.2 Å². The maximum absolute atomic E-state index is 12.1. The lowest BCUT2D eigenvalue weighted by Crippen LogP contribution is -2.34. The molecule has 3 rings (SSSR count). The molecule has 6 heteroatoms. The molecule has 2 aromatic rings. The third kappa shape index (κ3) is 4.94. The molecule has 0 unspecified atom stereocenters. The quantitative estimate of drug-likeness (QED) is 0.772. The van der Waals surface area contributed by atoms with Crippen molar-refractivity contribution < 1.29 is 14.3 Å². The van der Waals surface area contributed by atoms with Crippen molar-refractivity contribution in [3.63, 3.8) is 0 Å². The number of benzene rings is 1. The predicted octanol–water partition coefficient (Wildman–Crippen LogP) is 3.23. The van der Waals surface area contributed by atoms with E-state index in [4.69, 9.17) is 9.47 Å². The maximum Gasteiger partial charge on any atom is 0.233 e. The summed E-state index contributed by atoms with van der Waals surface area (Å²) in [6.45, 7) is 0.867. The van der Waals surface area contributed by atoms with E-state index in [2.05, 4.69) is 15.5 Å². The van der Waals surface area contributed by atoms with Gasteiger partial charge in [0.15, 0.2) is 0 Å². The van der Waals surface area contributed by atoms with E-state index in [9.17, 15) is 4.79 Å². The molecule has 1 aliphatic carbocycles. The van der Waals surface area contributed by atoms with Crippen molar-refractivity contribution in [2.75, 3.05) is 20.3 Å². The Morgan fingerprint density at radius 3 is 2.50 bits per heavy atom. The van der Waals surface area contributed by atoms with Gasteiger partial charge in [-0.05, 0) is 43.2 Å². The number of amides is 1. The minimum atomic E-state index is 0.147. The topological polar surface area (TPSA) is 73.3 Å². The summed E-state index contributed by atoms with van der Waals surface area (Å²) < 4.78 is 10.7. The van der Waals surface area contributed by atoms with E-state index in [1.807, 2.05) is 30.3 Å². The lowest BCUT2D eigenvalue weighted by Gasteiger charge is -2.20. The second kappa shape index (κ2) is 9.17. The molecule has 1 heterocycles. The van der Waals surface area contributed by atoms with Gasteiger partial charge < -0.3 is 14.8 Å². The molecular weight excluding hydrogens is 330 g/mol. The number of nitrogens with one attached hydrogen (secondary N) is 1. The first-order valence-corrected chi connectivity index (χ1v) is 9.15. The van der Waals surface area contributed by atoms with Crippen LogP contribution in [0.15, 0.2) is 36.4 Å². The van der Waals surface area contributed by atoms with Crippen LogP contribution >= 0.6 is 0 Å². The zero-order valence-electron chi connectivity index (χ0n) is 15.1. The number of aromatic nitrogens is 2. The molecule has 6 nitrogen and oxygen atoms in total. The van der Waals surface area contributed by atoms with Crippen molar-refractivity contribution >= 4 is 5.91 Å². The largest absolute Gasteiger partial charge is 0.497 e. The first kappa shape index (κ1) is 18.2. The van der Waals surface area contributed by atoms with Crippen LogP contribution < -0.4 is 14.8 Å². The molecule has 26 heavy (non-hydrogen) atoms. The highest BCUT2D eigenvalue weighted by Crippen LogP contribution is 2.23. The molecule has 1 amide bonds. The lowest BCUT2D eigenvalue weighted by molar-refractivity contribution is -0.126. The van der Waals surface area contributed by atoms with Crippen LogP contribution in [0.1, 0.15) is 32.1 Å². The summed E-state index contributed by atoms with van der Waals surface area (Å²) in [5.41, 5.74) is 1.73. The molecule has 0 atom stereocenters. The van der Waals surface area contributed by atoms with Crippen LogP contribution in [-0.4, -0.2) is 36.4 Å². The van der Waals surface area contributed by atoms with Crippen LogP contribution in [0.5, 0.6) is 11.6 Å². The minimum absolute atomic E-state index is 0.147. The number of methoxy groups -OCH3 is 1. The van der Waals surface area contributed by atoms with Gasteiger partial charge in [0.25, 0.3) is 0 Å². The molecule has 0 bridgehead atoms. The fraction of sp³-hybridized carbons (Fsp3) is 0.450. The average Bonchev–Trinajstić information content (AvgIpc) is 2.72. The Hall–Kier alpha value is -2.63. The van der Waals surface area contributed by atoms with Gasteiger partial charge in [0.05, 0.1) is 19.3 Å². The molecule has 1 saturated carbocycles. The molecular formula is C20H25N3O3. The zero-order chi connectivity index (χ0) is 18.2. The molecule has 1 fully saturated rings. The van der Waals surface area contributed by atoms with Crippen molar-refractivity contribution in [3.8, 4) is 22.9 Å². The van der Waals surface area contributed by atoms with E-state index in [0.29, 0.717) is 19.0 Å². The van der Waals surface area contributed by atoms with Gasteiger partial charge in [-0.3, -0.25) is 4.79 Å². The molecule has 1 aromatic carbocycles. The van der Waals surface area contributed by atoms with Gasteiger partial charge in [0.1, 0.15) is 12.4 Å². The number of rotatable bonds is 7. The summed E-state index contributed by atoms with van der Waals surface area (Å²) in [6, 6.07) is 11.3. The summed E-state index contributed by atoms with van der Waals surface area (Å²) in [5.74, 6) is 1.58. The number of hydrogen-bond donors (Lipinski definition) is 1. The zero-order valence-corrected chi connectivity index (χ0v) is 15.1. The first-order valence-electron chi connectivity index (χ1n) is 9.15. The Morgan fingerprint density at radius 1 is 1.08 bits per heavy atom. The Balaban J connectivity index is 1.43. The van der Waals surface area contributed by atoms with Crippen LogP contribution in [0.3, 0.4) is 0 Å². The number of carbonyl (C=O) groups excluding carboxylic acids is 1. The second-order valence-corrected chi connectivity index (χ2v) is 6.46. The fourth-order valence-electron chi connectivity index (χ4n) is 3.15. The normalized spacial score (nSPS) is 14.7. The van der Waals surface area contributed by atoms with Crippen molar-refractivity contribution in [1.29, 1.82) is 0 Å². The lowest BCUT2D eigenvalue weighted by atomic mass is 9.89. The fourth-order valence-corrected chi connectivity index (χ4v) is 3.15. The monoisotopic (exact) mass is 355 g/mol. The van der Waals surface area contributed by atoms with E-state index >= 15 is 0 Å². The van der Waals surface area contributed by atoms with Gasteiger partial charge in [-0.1, -0.05) is 19.3 Å². The third-order valence-corrected chi connectivity index (χ3v) is 4.65. The van der Waals surface area contributed by atoms with E-state index in [1.165, 1.54) is 6.42 Å². The average molecular weight is 355 g/mol. The van der Waals surface area contributed by atoms with Crippen LogP contribution in [0.25, 0.3) is 11.3 Å². The molecule has 0 radical (unpaired) electrons. The standard InChI is InChI=1S/C20H25N3O3/c1-25-17-9-7-15(8-10-17)18-11-12-19(23-22-18)26-14-13-21-20(24)16-5-3-2-4-6-16/h7-12,16H,2-6,13-14H2,1H3,(H,21,24). The van der Waals surface area contributed by atoms with E-state index in [0.717, 1.165) is 42.7 Å². The van der Waals surface area contributed by atoms with Crippen molar-refractivity contribution in [1.82, 2.24) is 15.5 Å². The van der Waals surface area contributed by atoms with Gasteiger partial charge >= 0.3 is 0 Å². The highest BCUT2D eigenvalue weighted by Gasteiger charge is 2.20. The highest BCUT2D eigenvalue weighted by molar-refractivity contribution is 5.78. The van der Waals surface area contributed by atoms with E-state index in [1.54, 1.807) is 13.2 Å². The molecule has 1 aromatic heterocycles. The molecule has 1 N–H and O–H groups in total.